The van der Waals surface area contributed by atoms with Crippen molar-refractivity contribution in [1.82, 2.24) is 5.32 Å². The third kappa shape index (κ3) is 4.57. The van der Waals surface area contributed by atoms with E-state index in [1.54, 1.807) is 7.11 Å². The third-order valence-electron chi connectivity index (χ3n) is 2.56. The molecule has 1 rings (SSSR count). The van der Waals surface area contributed by atoms with Crippen LogP contribution in [0.3, 0.4) is 0 Å². The minimum atomic E-state index is -0.228. The van der Waals surface area contributed by atoms with E-state index in [1.165, 1.54) is 6.92 Å². The van der Waals surface area contributed by atoms with Gasteiger partial charge in [-0.15, -0.1) is 0 Å². The lowest BCUT2D eigenvalue weighted by molar-refractivity contribution is -0.127. The highest BCUT2D eigenvalue weighted by Gasteiger charge is 2.06. The van der Waals surface area contributed by atoms with Crippen LogP contribution in [0, 0.1) is 6.92 Å². The molecule has 1 aromatic rings. The van der Waals surface area contributed by atoms with Gasteiger partial charge >= 0.3 is 0 Å². The molecule has 0 aliphatic heterocycles. The van der Waals surface area contributed by atoms with E-state index in [9.17, 15) is 9.59 Å². The first-order valence-electron chi connectivity index (χ1n) is 5.92. The van der Waals surface area contributed by atoms with Crippen LogP contribution in [0.5, 0.6) is 5.75 Å². The lowest BCUT2D eigenvalue weighted by atomic mass is 10.1. The molecule has 1 amide bonds. The van der Waals surface area contributed by atoms with Crippen molar-refractivity contribution in [2.24, 2.45) is 0 Å². The standard InChI is InChI=1S/C14H19NO3/c1-10-4-5-13(18-3)12(8-10)6-7-15-14(17)9-11(2)16/h4-5,8H,6-7,9H2,1-3H3,(H,15,17). The molecule has 0 atom stereocenters. The molecule has 0 unspecified atom stereocenters. The topological polar surface area (TPSA) is 55.4 Å². The van der Waals surface area contributed by atoms with Gasteiger partial charge in [-0.25, -0.2) is 0 Å². The molecule has 0 saturated heterocycles. The van der Waals surface area contributed by atoms with Gasteiger partial charge in [0.2, 0.25) is 5.91 Å². The first-order chi connectivity index (χ1) is 8.52. The molecule has 0 fully saturated rings. The number of carbonyl (C=O) groups excluding carboxylic acids is 2. The fraction of sp³-hybridized carbons (Fsp3) is 0.429. The average Bonchev–Trinajstić information content (AvgIpc) is 2.28. The van der Waals surface area contributed by atoms with Gasteiger partial charge < -0.3 is 10.1 Å². The number of carbonyl (C=O) groups is 2. The second-order valence-electron chi connectivity index (χ2n) is 4.29. The lowest BCUT2D eigenvalue weighted by Crippen LogP contribution is -2.27. The van der Waals surface area contributed by atoms with Gasteiger partial charge in [-0.1, -0.05) is 17.7 Å². The molecule has 0 aliphatic carbocycles. The summed E-state index contributed by atoms with van der Waals surface area (Å²) in [6.45, 7) is 3.92. The van der Waals surface area contributed by atoms with Crippen LogP contribution in [0.1, 0.15) is 24.5 Å². The summed E-state index contributed by atoms with van der Waals surface area (Å²) in [5, 5.41) is 2.72. The van der Waals surface area contributed by atoms with Crippen molar-refractivity contribution in [1.29, 1.82) is 0 Å². The van der Waals surface area contributed by atoms with Gasteiger partial charge in [0.1, 0.15) is 11.5 Å². The van der Waals surface area contributed by atoms with Crippen LogP contribution in [-0.4, -0.2) is 25.3 Å². The summed E-state index contributed by atoms with van der Waals surface area (Å²) < 4.78 is 5.26. The zero-order valence-corrected chi connectivity index (χ0v) is 11.1. The Bertz CT molecular complexity index is 441. The molecule has 0 radical (unpaired) electrons. The first kappa shape index (κ1) is 14.2. The molecule has 1 N–H and O–H groups in total. The number of rotatable bonds is 6. The van der Waals surface area contributed by atoms with Gasteiger partial charge in [-0.05, 0) is 31.9 Å². The number of nitrogens with one attached hydrogen (secondary N) is 1. The van der Waals surface area contributed by atoms with Gasteiger partial charge in [0.25, 0.3) is 0 Å². The lowest BCUT2D eigenvalue weighted by Gasteiger charge is -2.10. The molecule has 0 spiro atoms. The Morgan fingerprint density at radius 1 is 1.33 bits per heavy atom. The predicted molar refractivity (Wildman–Crippen MR) is 69.7 cm³/mol. The monoisotopic (exact) mass is 249 g/mol. The second kappa shape index (κ2) is 6.79. The van der Waals surface area contributed by atoms with Crippen LogP contribution < -0.4 is 10.1 Å². The van der Waals surface area contributed by atoms with E-state index in [-0.39, 0.29) is 18.1 Å². The smallest absolute Gasteiger partial charge is 0.227 e. The van der Waals surface area contributed by atoms with Gasteiger partial charge in [-0.2, -0.15) is 0 Å². The fourth-order valence-corrected chi connectivity index (χ4v) is 1.73. The Morgan fingerprint density at radius 3 is 2.67 bits per heavy atom. The molecule has 0 aromatic heterocycles. The zero-order valence-electron chi connectivity index (χ0n) is 11.1. The van der Waals surface area contributed by atoms with E-state index in [1.807, 2.05) is 25.1 Å². The van der Waals surface area contributed by atoms with Crippen LogP contribution in [0.2, 0.25) is 0 Å². The molecule has 4 nitrogen and oxygen atoms in total. The number of hydrogen-bond acceptors (Lipinski definition) is 3. The van der Waals surface area contributed by atoms with Gasteiger partial charge in [0.05, 0.1) is 13.5 Å². The highest BCUT2D eigenvalue weighted by molar-refractivity contribution is 5.96. The second-order valence-corrected chi connectivity index (χ2v) is 4.29. The highest BCUT2D eigenvalue weighted by Crippen LogP contribution is 2.19. The van der Waals surface area contributed by atoms with Crippen molar-refractivity contribution in [3.8, 4) is 5.75 Å². The summed E-state index contributed by atoms with van der Waals surface area (Å²) in [5.74, 6) is 0.469. The molecule has 1 aromatic carbocycles. The molecule has 0 bridgehead atoms. The molecular formula is C14H19NO3. The number of Topliss-reactive ketones (excluding diaryl/α,β-unsaturated/α-hetero) is 1. The Morgan fingerprint density at radius 2 is 2.06 bits per heavy atom. The Labute approximate surface area is 107 Å². The van der Waals surface area contributed by atoms with Crippen molar-refractivity contribution < 1.29 is 14.3 Å². The van der Waals surface area contributed by atoms with Gasteiger partial charge in [-0.3, -0.25) is 9.59 Å². The van der Waals surface area contributed by atoms with Crippen molar-refractivity contribution in [3.05, 3.63) is 29.3 Å². The normalized spacial score (nSPS) is 9.94. The Hall–Kier alpha value is -1.84. The number of ketones is 1. The van der Waals surface area contributed by atoms with Crippen LogP contribution >= 0.6 is 0 Å². The number of aryl methyl sites for hydroxylation is 1. The van der Waals surface area contributed by atoms with Crippen LogP contribution in [0.25, 0.3) is 0 Å². The van der Waals surface area contributed by atoms with Gasteiger partial charge in [0, 0.05) is 6.54 Å². The zero-order chi connectivity index (χ0) is 13.5. The molecular weight excluding hydrogens is 230 g/mol. The average molecular weight is 249 g/mol. The van der Waals surface area contributed by atoms with Crippen molar-refractivity contribution >= 4 is 11.7 Å². The molecule has 4 heteroatoms. The SMILES string of the molecule is COc1ccc(C)cc1CCNC(=O)CC(C)=O. The van der Waals surface area contributed by atoms with Gasteiger partial charge in [0.15, 0.2) is 0 Å². The molecule has 98 valence electrons. The van der Waals surface area contributed by atoms with Crippen molar-refractivity contribution in [2.45, 2.75) is 26.7 Å². The minimum absolute atomic E-state index is 0.0506. The number of benzene rings is 1. The molecule has 0 saturated carbocycles. The number of amides is 1. The first-order valence-corrected chi connectivity index (χ1v) is 5.92. The summed E-state index contributed by atoms with van der Waals surface area (Å²) in [7, 11) is 1.63. The fourth-order valence-electron chi connectivity index (χ4n) is 1.73. The predicted octanol–water partition coefficient (Wildman–Crippen LogP) is 1.64. The molecule has 0 heterocycles. The van der Waals surface area contributed by atoms with Crippen molar-refractivity contribution in [3.63, 3.8) is 0 Å². The number of methoxy groups -OCH3 is 1. The van der Waals surface area contributed by atoms with Crippen molar-refractivity contribution in [2.75, 3.05) is 13.7 Å². The maximum atomic E-state index is 11.3. The summed E-state index contributed by atoms with van der Waals surface area (Å²) in [6, 6.07) is 5.94. The molecule has 0 aliphatic rings. The van der Waals surface area contributed by atoms with Crippen LogP contribution in [0.4, 0.5) is 0 Å². The summed E-state index contributed by atoms with van der Waals surface area (Å²) in [4.78, 5) is 22.1. The maximum absolute atomic E-state index is 11.3. The Balaban J connectivity index is 2.50. The summed E-state index contributed by atoms with van der Waals surface area (Å²) >= 11 is 0. The number of ether oxygens (including phenoxy) is 1. The van der Waals surface area contributed by atoms with Crippen LogP contribution in [0.15, 0.2) is 18.2 Å². The molecule has 18 heavy (non-hydrogen) atoms. The van der Waals surface area contributed by atoms with E-state index in [0.717, 1.165) is 16.9 Å². The van der Waals surface area contributed by atoms with E-state index >= 15 is 0 Å². The summed E-state index contributed by atoms with van der Waals surface area (Å²) in [6.07, 6.45) is 0.638. The summed E-state index contributed by atoms with van der Waals surface area (Å²) in [5.41, 5.74) is 2.21. The van der Waals surface area contributed by atoms with E-state index in [2.05, 4.69) is 5.32 Å². The minimum Gasteiger partial charge on any atom is -0.496 e. The van der Waals surface area contributed by atoms with E-state index in [4.69, 9.17) is 4.74 Å². The van der Waals surface area contributed by atoms with E-state index in [0.29, 0.717) is 13.0 Å². The largest absolute Gasteiger partial charge is 0.496 e. The van der Waals surface area contributed by atoms with Crippen LogP contribution in [-0.2, 0) is 16.0 Å². The quantitative estimate of drug-likeness (QED) is 0.780. The third-order valence-corrected chi connectivity index (χ3v) is 2.56. The van der Waals surface area contributed by atoms with E-state index < -0.39 is 0 Å². The highest BCUT2D eigenvalue weighted by atomic mass is 16.5. The number of hydrogen-bond donors (Lipinski definition) is 1. The Kier molecular flexibility index (Phi) is 5.36. The maximum Gasteiger partial charge on any atom is 0.227 e.